The summed E-state index contributed by atoms with van der Waals surface area (Å²) in [5, 5.41) is 17.6. The van der Waals surface area contributed by atoms with Crippen molar-refractivity contribution >= 4 is 18.5 Å². The van der Waals surface area contributed by atoms with E-state index in [-0.39, 0.29) is 32.2 Å². The molecule has 88 valence electrons. The van der Waals surface area contributed by atoms with E-state index in [4.69, 9.17) is 10.2 Å². The van der Waals surface area contributed by atoms with Crippen LogP contribution in [0.15, 0.2) is 29.2 Å². The number of rotatable bonds is 5. The molecule has 1 amide bonds. The lowest BCUT2D eigenvalue weighted by Gasteiger charge is -2.20. The fourth-order valence-corrected chi connectivity index (χ4v) is 1.49. The minimum absolute atomic E-state index is 0.115. The first-order valence-electron chi connectivity index (χ1n) is 4.99. The van der Waals surface area contributed by atoms with Crippen molar-refractivity contribution < 1.29 is 15.0 Å². The van der Waals surface area contributed by atoms with E-state index in [2.05, 4.69) is 12.6 Å². The van der Waals surface area contributed by atoms with Gasteiger partial charge in [0.15, 0.2) is 0 Å². The van der Waals surface area contributed by atoms with E-state index < -0.39 is 0 Å². The average Bonchev–Trinajstić information content (AvgIpc) is 2.29. The Hall–Kier alpha value is -1.04. The van der Waals surface area contributed by atoms with Crippen molar-refractivity contribution in [3.8, 4) is 0 Å². The number of carbonyl (C=O) groups excluding carboxylic acids is 1. The topological polar surface area (TPSA) is 60.8 Å². The highest BCUT2D eigenvalue weighted by Crippen LogP contribution is 2.10. The molecule has 0 aromatic heterocycles. The Morgan fingerprint density at radius 1 is 1.12 bits per heavy atom. The standard InChI is InChI=1S/C11H15NO3S/c13-7-5-12(6-8-14)11(15)9-1-3-10(16)4-2-9/h1-4,13-14,16H,5-8H2. The van der Waals surface area contributed by atoms with Crippen LogP contribution in [0.25, 0.3) is 0 Å². The summed E-state index contributed by atoms with van der Waals surface area (Å²) in [5.74, 6) is -0.198. The summed E-state index contributed by atoms with van der Waals surface area (Å²) in [4.78, 5) is 14.1. The van der Waals surface area contributed by atoms with Gasteiger partial charge in [-0.2, -0.15) is 0 Å². The highest BCUT2D eigenvalue weighted by molar-refractivity contribution is 7.80. The molecule has 0 radical (unpaired) electrons. The van der Waals surface area contributed by atoms with Crippen LogP contribution in [0, 0.1) is 0 Å². The van der Waals surface area contributed by atoms with Crippen molar-refractivity contribution in [2.45, 2.75) is 4.90 Å². The summed E-state index contributed by atoms with van der Waals surface area (Å²) < 4.78 is 0. The van der Waals surface area contributed by atoms with Gasteiger partial charge in [-0.05, 0) is 24.3 Å². The third-order valence-corrected chi connectivity index (χ3v) is 2.44. The highest BCUT2D eigenvalue weighted by atomic mass is 32.1. The SMILES string of the molecule is O=C(c1ccc(S)cc1)N(CCO)CCO. The quantitative estimate of drug-likeness (QED) is 0.654. The molecule has 0 spiro atoms. The number of amides is 1. The monoisotopic (exact) mass is 241 g/mol. The molecule has 0 aliphatic heterocycles. The van der Waals surface area contributed by atoms with E-state index in [9.17, 15) is 4.79 Å². The van der Waals surface area contributed by atoms with E-state index in [0.29, 0.717) is 5.56 Å². The number of hydrogen-bond acceptors (Lipinski definition) is 4. The van der Waals surface area contributed by atoms with Gasteiger partial charge in [0.2, 0.25) is 0 Å². The Bertz CT molecular complexity index is 334. The molecule has 5 heteroatoms. The Morgan fingerprint density at radius 3 is 2.06 bits per heavy atom. The van der Waals surface area contributed by atoms with E-state index in [1.807, 2.05) is 0 Å². The second-order valence-corrected chi connectivity index (χ2v) is 3.80. The molecule has 1 rings (SSSR count). The van der Waals surface area contributed by atoms with Crippen LogP contribution in [0.2, 0.25) is 0 Å². The van der Waals surface area contributed by atoms with E-state index in [0.717, 1.165) is 4.90 Å². The summed E-state index contributed by atoms with van der Waals surface area (Å²) in [6.07, 6.45) is 0. The van der Waals surface area contributed by atoms with Crippen molar-refractivity contribution in [1.82, 2.24) is 4.90 Å². The van der Waals surface area contributed by atoms with Crippen LogP contribution in [-0.2, 0) is 0 Å². The number of aliphatic hydroxyl groups excluding tert-OH is 2. The van der Waals surface area contributed by atoms with Crippen LogP contribution in [0.5, 0.6) is 0 Å². The first-order chi connectivity index (χ1) is 7.69. The third-order valence-electron chi connectivity index (χ3n) is 2.14. The van der Waals surface area contributed by atoms with Crippen LogP contribution >= 0.6 is 12.6 Å². The van der Waals surface area contributed by atoms with Crippen LogP contribution in [-0.4, -0.2) is 47.3 Å². The zero-order valence-corrected chi connectivity index (χ0v) is 9.73. The van der Waals surface area contributed by atoms with Gasteiger partial charge in [-0.25, -0.2) is 0 Å². The van der Waals surface area contributed by atoms with Gasteiger partial charge in [-0.15, -0.1) is 12.6 Å². The van der Waals surface area contributed by atoms with Crippen molar-refractivity contribution in [2.75, 3.05) is 26.3 Å². The van der Waals surface area contributed by atoms with Crippen molar-refractivity contribution in [1.29, 1.82) is 0 Å². The molecule has 0 heterocycles. The van der Waals surface area contributed by atoms with Gasteiger partial charge in [-0.3, -0.25) is 4.79 Å². The van der Waals surface area contributed by atoms with Gasteiger partial charge in [0.25, 0.3) is 5.91 Å². The fourth-order valence-electron chi connectivity index (χ4n) is 1.34. The van der Waals surface area contributed by atoms with Gasteiger partial charge >= 0.3 is 0 Å². The average molecular weight is 241 g/mol. The smallest absolute Gasteiger partial charge is 0.254 e. The van der Waals surface area contributed by atoms with Crippen LogP contribution in [0.4, 0.5) is 0 Å². The van der Waals surface area contributed by atoms with Crippen molar-refractivity contribution in [2.24, 2.45) is 0 Å². The molecule has 0 atom stereocenters. The van der Waals surface area contributed by atoms with Gasteiger partial charge in [-0.1, -0.05) is 0 Å². The first-order valence-corrected chi connectivity index (χ1v) is 5.43. The highest BCUT2D eigenvalue weighted by Gasteiger charge is 2.14. The van der Waals surface area contributed by atoms with Crippen molar-refractivity contribution in [3.63, 3.8) is 0 Å². The maximum Gasteiger partial charge on any atom is 0.254 e. The Balaban J connectivity index is 2.77. The van der Waals surface area contributed by atoms with Gasteiger partial charge in [0.05, 0.1) is 13.2 Å². The zero-order valence-electron chi connectivity index (χ0n) is 8.83. The second-order valence-electron chi connectivity index (χ2n) is 3.29. The minimum Gasteiger partial charge on any atom is -0.395 e. The Kier molecular flexibility index (Phi) is 5.31. The van der Waals surface area contributed by atoms with Crippen LogP contribution < -0.4 is 0 Å². The summed E-state index contributed by atoms with van der Waals surface area (Å²) in [6, 6.07) is 6.80. The lowest BCUT2D eigenvalue weighted by atomic mass is 10.2. The number of aliphatic hydroxyl groups is 2. The first kappa shape index (κ1) is 13.0. The Labute approximate surface area is 99.9 Å². The molecule has 0 aliphatic rings. The number of hydrogen-bond donors (Lipinski definition) is 3. The molecule has 2 N–H and O–H groups in total. The van der Waals surface area contributed by atoms with Crippen molar-refractivity contribution in [3.05, 3.63) is 29.8 Å². The summed E-state index contributed by atoms with van der Waals surface area (Å²) in [7, 11) is 0. The van der Waals surface area contributed by atoms with Gasteiger partial charge in [0.1, 0.15) is 0 Å². The van der Waals surface area contributed by atoms with Crippen LogP contribution in [0.1, 0.15) is 10.4 Å². The summed E-state index contributed by atoms with van der Waals surface area (Å²) >= 11 is 4.13. The molecule has 1 aromatic carbocycles. The van der Waals surface area contributed by atoms with Crippen LogP contribution in [0.3, 0.4) is 0 Å². The molecular formula is C11H15NO3S. The molecule has 0 unspecified atom stereocenters. The molecule has 0 aliphatic carbocycles. The minimum atomic E-state index is -0.198. The molecular weight excluding hydrogens is 226 g/mol. The molecule has 0 saturated carbocycles. The maximum atomic E-state index is 11.9. The van der Waals surface area contributed by atoms with Gasteiger partial charge in [0, 0.05) is 23.5 Å². The third kappa shape index (κ3) is 3.52. The molecule has 1 aromatic rings. The normalized spacial score (nSPS) is 10.2. The predicted molar refractivity (Wildman–Crippen MR) is 63.8 cm³/mol. The molecule has 0 saturated heterocycles. The fraction of sp³-hybridized carbons (Fsp3) is 0.364. The molecule has 0 fully saturated rings. The Morgan fingerprint density at radius 2 is 1.62 bits per heavy atom. The van der Waals surface area contributed by atoms with E-state index in [1.54, 1.807) is 24.3 Å². The number of benzene rings is 1. The molecule has 0 bridgehead atoms. The predicted octanol–water partition coefficient (Wildman–Crippen LogP) is 0.402. The zero-order chi connectivity index (χ0) is 12.0. The van der Waals surface area contributed by atoms with Gasteiger partial charge < -0.3 is 15.1 Å². The summed E-state index contributed by atoms with van der Waals surface area (Å²) in [6.45, 7) is 0.219. The van der Waals surface area contributed by atoms with E-state index >= 15 is 0 Å². The second kappa shape index (κ2) is 6.52. The molecule has 16 heavy (non-hydrogen) atoms. The number of nitrogens with zero attached hydrogens (tertiary/aromatic N) is 1. The maximum absolute atomic E-state index is 11.9. The largest absolute Gasteiger partial charge is 0.395 e. The van der Waals surface area contributed by atoms with E-state index in [1.165, 1.54) is 4.90 Å². The lowest BCUT2D eigenvalue weighted by Crippen LogP contribution is -2.35. The number of thiol groups is 1. The number of carbonyl (C=O) groups is 1. The molecule has 4 nitrogen and oxygen atoms in total. The summed E-state index contributed by atoms with van der Waals surface area (Å²) in [5.41, 5.74) is 0.528. The lowest BCUT2D eigenvalue weighted by molar-refractivity contribution is 0.0685.